The lowest BCUT2D eigenvalue weighted by atomic mass is 9.98. The van der Waals surface area contributed by atoms with Crippen molar-refractivity contribution in [3.63, 3.8) is 0 Å². The summed E-state index contributed by atoms with van der Waals surface area (Å²) in [5.41, 5.74) is -2.11. The molecule has 1 N–H and O–H groups in total. The summed E-state index contributed by atoms with van der Waals surface area (Å²) in [5, 5.41) is 3.32. The van der Waals surface area contributed by atoms with E-state index in [1.165, 1.54) is 0 Å². The number of nitrogens with zero attached hydrogens (tertiary/aromatic N) is 1. The second-order valence-corrected chi connectivity index (χ2v) is 6.72. The quantitative estimate of drug-likeness (QED) is 0.643. The Morgan fingerprint density at radius 1 is 1.27 bits per heavy atom. The molecule has 0 amide bonds. The molecule has 2 nitrogen and oxygen atoms in total. The molecule has 1 fully saturated rings. The summed E-state index contributed by atoms with van der Waals surface area (Å²) < 4.78 is 37.2. The first-order valence-electron chi connectivity index (χ1n) is 7.30. The summed E-state index contributed by atoms with van der Waals surface area (Å²) in [4.78, 5) is 2.60. The Hall–Kier alpha value is -0.980. The fraction of sp³-hybridized carbons (Fsp3) is 0.500. The third-order valence-corrected chi connectivity index (χ3v) is 4.37. The summed E-state index contributed by atoms with van der Waals surface area (Å²) in [5.74, 6) is 0. The number of thioether (sulfide) groups is 1. The van der Waals surface area contributed by atoms with Crippen molar-refractivity contribution in [2.45, 2.75) is 29.8 Å². The zero-order valence-corrected chi connectivity index (χ0v) is 13.4. The van der Waals surface area contributed by atoms with Crippen molar-refractivity contribution in [1.82, 2.24) is 10.2 Å². The van der Waals surface area contributed by atoms with Crippen LogP contribution in [0.2, 0.25) is 0 Å². The van der Waals surface area contributed by atoms with Gasteiger partial charge in [0.15, 0.2) is 0 Å². The Bertz CT molecular complexity index is 493. The molecular formula is C16H21F3N2S. The van der Waals surface area contributed by atoms with Gasteiger partial charge < -0.3 is 5.32 Å². The molecule has 0 radical (unpaired) electrons. The summed E-state index contributed by atoms with van der Waals surface area (Å²) in [7, 11) is 0. The number of benzene rings is 1. The predicted molar refractivity (Wildman–Crippen MR) is 85.0 cm³/mol. The van der Waals surface area contributed by atoms with Crippen LogP contribution < -0.4 is 5.32 Å². The maximum Gasteiger partial charge on any atom is 0.446 e. The lowest BCUT2D eigenvalue weighted by Crippen LogP contribution is -2.45. The molecule has 2 rings (SSSR count). The summed E-state index contributed by atoms with van der Waals surface area (Å²) >= 11 is -0.0705. The second kappa shape index (κ2) is 7.53. The average Bonchev–Trinajstić information content (AvgIpc) is 2.45. The molecule has 0 unspecified atom stereocenters. The van der Waals surface area contributed by atoms with Crippen molar-refractivity contribution in [2.24, 2.45) is 0 Å². The van der Waals surface area contributed by atoms with Gasteiger partial charge >= 0.3 is 5.51 Å². The predicted octanol–water partition coefficient (Wildman–Crippen LogP) is 4.21. The van der Waals surface area contributed by atoms with Gasteiger partial charge in [0.2, 0.25) is 0 Å². The Morgan fingerprint density at radius 3 is 2.36 bits per heavy atom. The van der Waals surface area contributed by atoms with Gasteiger partial charge in [-0.05, 0) is 42.8 Å². The normalized spacial score (nSPS) is 18.2. The lowest BCUT2D eigenvalue weighted by Gasteiger charge is -2.35. The highest BCUT2D eigenvalue weighted by atomic mass is 32.2. The van der Waals surface area contributed by atoms with E-state index in [1.54, 1.807) is 12.1 Å². The Morgan fingerprint density at radius 2 is 1.86 bits per heavy atom. The summed E-state index contributed by atoms with van der Waals surface area (Å²) in [6.45, 7) is 9.74. The number of hydrogen-bond donors (Lipinski definition) is 1. The van der Waals surface area contributed by atoms with Crippen molar-refractivity contribution in [3.8, 4) is 0 Å². The monoisotopic (exact) mass is 330 g/mol. The Balaban J connectivity index is 2.14. The zero-order valence-electron chi connectivity index (χ0n) is 12.6. The van der Waals surface area contributed by atoms with E-state index in [0.717, 1.165) is 43.7 Å². The van der Waals surface area contributed by atoms with E-state index in [4.69, 9.17) is 0 Å². The van der Waals surface area contributed by atoms with Gasteiger partial charge in [-0.3, -0.25) is 4.90 Å². The maximum atomic E-state index is 12.4. The van der Waals surface area contributed by atoms with E-state index in [1.807, 2.05) is 19.1 Å². The van der Waals surface area contributed by atoms with Crippen LogP contribution in [0.25, 0.3) is 0 Å². The fourth-order valence-electron chi connectivity index (χ4n) is 2.67. The minimum atomic E-state index is -4.24. The van der Waals surface area contributed by atoms with Gasteiger partial charge in [0.1, 0.15) is 0 Å². The number of rotatable bonds is 5. The van der Waals surface area contributed by atoms with Crippen LogP contribution in [-0.2, 0) is 0 Å². The van der Waals surface area contributed by atoms with Gasteiger partial charge in [0.05, 0.1) is 0 Å². The van der Waals surface area contributed by atoms with E-state index in [9.17, 15) is 13.2 Å². The highest BCUT2D eigenvalue weighted by Gasteiger charge is 2.29. The first-order chi connectivity index (χ1) is 10.3. The average molecular weight is 330 g/mol. The number of hydrogen-bond acceptors (Lipinski definition) is 3. The molecule has 1 saturated heterocycles. The van der Waals surface area contributed by atoms with Gasteiger partial charge in [0, 0.05) is 37.1 Å². The number of nitrogens with one attached hydrogen (secondary N) is 1. The Kier molecular flexibility index (Phi) is 5.94. The standard InChI is InChI=1S/C16H21F3N2S/c1-12(2)11-15(21-9-7-20-8-10-21)13-3-5-14(6-4-13)22-16(17,18)19/h3-6,15,20H,1,7-11H2,2H3/t15-/m1/s1. The number of halogens is 3. The fourth-order valence-corrected chi connectivity index (χ4v) is 3.21. The Labute approximate surface area is 133 Å². The van der Waals surface area contributed by atoms with Crippen molar-refractivity contribution in [3.05, 3.63) is 42.0 Å². The van der Waals surface area contributed by atoms with Crippen molar-refractivity contribution >= 4 is 11.8 Å². The molecule has 0 aromatic heterocycles. The lowest BCUT2D eigenvalue weighted by molar-refractivity contribution is -0.0328. The molecule has 1 atom stereocenters. The third-order valence-electron chi connectivity index (χ3n) is 3.63. The van der Waals surface area contributed by atoms with E-state index in [-0.39, 0.29) is 22.7 Å². The molecule has 1 aliphatic rings. The molecule has 1 aliphatic heterocycles. The molecule has 1 heterocycles. The zero-order chi connectivity index (χ0) is 16.2. The summed E-state index contributed by atoms with van der Waals surface area (Å²) in [6, 6.07) is 6.92. The highest BCUT2D eigenvalue weighted by Crippen LogP contribution is 2.37. The van der Waals surface area contributed by atoms with Gasteiger partial charge in [-0.15, -0.1) is 6.58 Å². The molecule has 0 aliphatic carbocycles. The van der Waals surface area contributed by atoms with Crippen LogP contribution in [0.3, 0.4) is 0 Å². The van der Waals surface area contributed by atoms with Crippen LogP contribution >= 0.6 is 11.8 Å². The summed E-state index contributed by atoms with van der Waals surface area (Å²) in [6.07, 6.45) is 0.825. The molecular weight excluding hydrogens is 309 g/mol. The van der Waals surface area contributed by atoms with Crippen LogP contribution in [0.15, 0.2) is 41.3 Å². The van der Waals surface area contributed by atoms with Gasteiger partial charge in [-0.2, -0.15) is 13.2 Å². The largest absolute Gasteiger partial charge is 0.446 e. The minimum Gasteiger partial charge on any atom is -0.314 e. The molecule has 0 bridgehead atoms. The van der Waals surface area contributed by atoms with Crippen molar-refractivity contribution < 1.29 is 13.2 Å². The van der Waals surface area contributed by atoms with E-state index in [2.05, 4.69) is 16.8 Å². The van der Waals surface area contributed by atoms with Crippen LogP contribution in [0.4, 0.5) is 13.2 Å². The smallest absolute Gasteiger partial charge is 0.314 e. The van der Waals surface area contributed by atoms with Gasteiger partial charge in [-0.1, -0.05) is 17.7 Å². The highest BCUT2D eigenvalue weighted by molar-refractivity contribution is 8.00. The van der Waals surface area contributed by atoms with Crippen LogP contribution in [0, 0.1) is 0 Å². The molecule has 0 saturated carbocycles. The molecule has 1 aromatic rings. The third kappa shape index (κ3) is 5.34. The van der Waals surface area contributed by atoms with Gasteiger partial charge in [-0.25, -0.2) is 0 Å². The molecule has 1 aromatic carbocycles. The van der Waals surface area contributed by atoms with Crippen molar-refractivity contribution in [2.75, 3.05) is 26.2 Å². The maximum absolute atomic E-state index is 12.4. The first kappa shape index (κ1) is 17.4. The van der Waals surface area contributed by atoms with Crippen molar-refractivity contribution in [1.29, 1.82) is 0 Å². The van der Waals surface area contributed by atoms with E-state index >= 15 is 0 Å². The van der Waals surface area contributed by atoms with Crippen LogP contribution in [0.1, 0.15) is 24.9 Å². The first-order valence-corrected chi connectivity index (χ1v) is 8.11. The molecule has 22 heavy (non-hydrogen) atoms. The van der Waals surface area contributed by atoms with E-state index in [0.29, 0.717) is 0 Å². The molecule has 122 valence electrons. The van der Waals surface area contributed by atoms with Crippen LogP contribution in [-0.4, -0.2) is 36.6 Å². The number of piperazine rings is 1. The molecule has 6 heteroatoms. The topological polar surface area (TPSA) is 15.3 Å². The van der Waals surface area contributed by atoms with Gasteiger partial charge in [0.25, 0.3) is 0 Å². The SMILES string of the molecule is C=C(C)C[C@H](c1ccc(SC(F)(F)F)cc1)N1CCNCC1. The van der Waals surface area contributed by atoms with Crippen LogP contribution in [0.5, 0.6) is 0 Å². The second-order valence-electron chi connectivity index (χ2n) is 5.58. The minimum absolute atomic E-state index is 0.0705. The number of alkyl halides is 3. The molecule has 0 spiro atoms. The van der Waals surface area contributed by atoms with E-state index < -0.39 is 5.51 Å².